The number of para-hydroxylation sites is 1. The maximum Gasteiger partial charge on any atom is 0.276 e. The van der Waals surface area contributed by atoms with Crippen molar-refractivity contribution in [3.05, 3.63) is 52.5 Å². The molecular formula is C19H20FN3O4S. The van der Waals surface area contributed by atoms with E-state index in [2.05, 4.69) is 10.9 Å². The summed E-state index contributed by atoms with van der Waals surface area (Å²) in [4.78, 5) is 38.7. The highest BCUT2D eigenvalue weighted by Crippen LogP contribution is 2.20. The molecule has 148 valence electrons. The number of nitrogens with one attached hydrogen (secondary N) is 2. The summed E-state index contributed by atoms with van der Waals surface area (Å²) in [5.74, 6) is -1.83. The third-order valence-electron chi connectivity index (χ3n) is 4.41. The van der Waals surface area contributed by atoms with Gasteiger partial charge in [0, 0.05) is 19.0 Å². The second kappa shape index (κ2) is 9.32. The van der Waals surface area contributed by atoms with Crippen LogP contribution in [0.4, 0.5) is 4.39 Å². The van der Waals surface area contributed by atoms with Crippen LogP contribution in [0.1, 0.15) is 22.5 Å². The molecule has 28 heavy (non-hydrogen) atoms. The Morgan fingerprint density at radius 1 is 1.11 bits per heavy atom. The molecule has 3 rings (SSSR count). The number of likely N-dealkylation sites (tertiary alicyclic amines) is 1. The van der Waals surface area contributed by atoms with Crippen molar-refractivity contribution in [2.24, 2.45) is 5.92 Å². The molecule has 2 heterocycles. The number of hydrogen-bond donors (Lipinski definition) is 2. The Morgan fingerprint density at radius 2 is 1.86 bits per heavy atom. The molecule has 1 aromatic heterocycles. The highest BCUT2D eigenvalue weighted by atomic mass is 32.1. The van der Waals surface area contributed by atoms with Crippen LogP contribution in [0.25, 0.3) is 0 Å². The third-order valence-corrected chi connectivity index (χ3v) is 5.26. The van der Waals surface area contributed by atoms with Crippen molar-refractivity contribution >= 4 is 29.1 Å². The van der Waals surface area contributed by atoms with Gasteiger partial charge in [-0.05, 0) is 36.4 Å². The second-order valence-corrected chi connectivity index (χ2v) is 7.25. The third kappa shape index (κ3) is 5.07. The molecule has 1 fully saturated rings. The maximum atomic E-state index is 13.4. The van der Waals surface area contributed by atoms with Crippen LogP contribution in [-0.2, 0) is 9.59 Å². The second-order valence-electron chi connectivity index (χ2n) is 6.30. The van der Waals surface area contributed by atoms with E-state index in [0.717, 1.165) is 0 Å². The molecule has 2 aromatic rings. The zero-order valence-corrected chi connectivity index (χ0v) is 15.8. The summed E-state index contributed by atoms with van der Waals surface area (Å²) >= 11 is 1.39. The quantitative estimate of drug-likeness (QED) is 0.745. The average Bonchev–Trinajstić information content (AvgIpc) is 3.26. The Balaban J connectivity index is 1.38. The molecular weight excluding hydrogens is 385 g/mol. The number of rotatable bonds is 5. The number of ether oxygens (including phenoxy) is 1. The summed E-state index contributed by atoms with van der Waals surface area (Å²) in [6.45, 7) is 0.549. The number of hydrazine groups is 1. The number of halogens is 1. The SMILES string of the molecule is O=C(COc1ccccc1F)NNC(=O)C1CCN(C(=O)c2cccs2)CC1. The lowest BCUT2D eigenvalue weighted by Gasteiger charge is -2.31. The fourth-order valence-corrected chi connectivity index (χ4v) is 3.57. The topological polar surface area (TPSA) is 87.7 Å². The molecule has 9 heteroatoms. The highest BCUT2D eigenvalue weighted by Gasteiger charge is 2.28. The summed E-state index contributed by atoms with van der Waals surface area (Å²) in [7, 11) is 0. The fourth-order valence-electron chi connectivity index (χ4n) is 2.88. The summed E-state index contributed by atoms with van der Waals surface area (Å²) in [6.07, 6.45) is 1.04. The van der Waals surface area contributed by atoms with Gasteiger partial charge < -0.3 is 9.64 Å². The van der Waals surface area contributed by atoms with E-state index in [1.54, 1.807) is 17.0 Å². The van der Waals surface area contributed by atoms with Crippen LogP contribution in [0.2, 0.25) is 0 Å². The predicted molar refractivity (Wildman–Crippen MR) is 101 cm³/mol. The van der Waals surface area contributed by atoms with Gasteiger partial charge in [0.2, 0.25) is 5.91 Å². The van der Waals surface area contributed by atoms with Crippen LogP contribution in [-0.4, -0.2) is 42.3 Å². The van der Waals surface area contributed by atoms with E-state index < -0.39 is 18.3 Å². The minimum absolute atomic E-state index is 0.0209. The van der Waals surface area contributed by atoms with Gasteiger partial charge in [-0.15, -0.1) is 11.3 Å². The first-order valence-corrected chi connectivity index (χ1v) is 9.71. The lowest BCUT2D eigenvalue weighted by atomic mass is 9.96. The smallest absolute Gasteiger partial charge is 0.276 e. The van der Waals surface area contributed by atoms with Crippen molar-refractivity contribution in [2.75, 3.05) is 19.7 Å². The number of carbonyl (C=O) groups excluding carboxylic acids is 3. The monoisotopic (exact) mass is 405 g/mol. The Labute approximate surface area is 165 Å². The van der Waals surface area contributed by atoms with Crippen LogP contribution >= 0.6 is 11.3 Å². The first-order valence-electron chi connectivity index (χ1n) is 8.83. The maximum absolute atomic E-state index is 13.4. The van der Waals surface area contributed by atoms with Gasteiger partial charge in [-0.1, -0.05) is 18.2 Å². The predicted octanol–water partition coefficient (Wildman–Crippen LogP) is 1.97. The molecule has 0 bridgehead atoms. The zero-order valence-electron chi connectivity index (χ0n) is 15.0. The van der Waals surface area contributed by atoms with E-state index in [4.69, 9.17) is 4.74 Å². The summed E-state index contributed by atoms with van der Waals surface area (Å²) in [5, 5.41) is 1.85. The van der Waals surface area contributed by atoms with E-state index in [0.29, 0.717) is 30.8 Å². The molecule has 1 aliphatic rings. The first-order chi connectivity index (χ1) is 13.5. The van der Waals surface area contributed by atoms with Crippen molar-refractivity contribution < 1.29 is 23.5 Å². The van der Waals surface area contributed by atoms with Crippen LogP contribution in [0.15, 0.2) is 41.8 Å². The van der Waals surface area contributed by atoms with Crippen molar-refractivity contribution in [1.82, 2.24) is 15.8 Å². The van der Waals surface area contributed by atoms with Crippen molar-refractivity contribution in [3.63, 3.8) is 0 Å². The number of hydrogen-bond acceptors (Lipinski definition) is 5. The molecule has 3 amide bonds. The Morgan fingerprint density at radius 3 is 2.54 bits per heavy atom. The molecule has 1 saturated heterocycles. The number of benzene rings is 1. The summed E-state index contributed by atoms with van der Waals surface area (Å²) < 4.78 is 18.5. The van der Waals surface area contributed by atoms with Crippen LogP contribution in [0, 0.1) is 11.7 Å². The number of carbonyl (C=O) groups is 3. The number of nitrogens with zero attached hydrogens (tertiary/aromatic N) is 1. The molecule has 7 nitrogen and oxygen atoms in total. The average molecular weight is 405 g/mol. The molecule has 0 unspecified atom stereocenters. The van der Waals surface area contributed by atoms with E-state index >= 15 is 0 Å². The van der Waals surface area contributed by atoms with E-state index in [1.807, 2.05) is 11.4 Å². The molecule has 0 saturated carbocycles. The Kier molecular flexibility index (Phi) is 6.59. The van der Waals surface area contributed by atoms with Gasteiger partial charge in [0.05, 0.1) is 4.88 Å². The Hall–Kier alpha value is -2.94. The number of piperidine rings is 1. The van der Waals surface area contributed by atoms with E-state index in [9.17, 15) is 18.8 Å². The standard InChI is InChI=1S/C19H20FN3O4S/c20-14-4-1-2-5-15(14)27-12-17(24)21-22-18(25)13-7-9-23(10-8-13)19(26)16-6-3-11-28-16/h1-6,11,13H,7-10,12H2,(H,21,24)(H,22,25). The minimum Gasteiger partial charge on any atom is -0.481 e. The summed E-state index contributed by atoms with van der Waals surface area (Å²) in [6, 6.07) is 9.36. The zero-order chi connectivity index (χ0) is 19.9. The van der Waals surface area contributed by atoms with Crippen LogP contribution in [0.3, 0.4) is 0 Å². The largest absolute Gasteiger partial charge is 0.481 e. The van der Waals surface area contributed by atoms with Gasteiger partial charge in [-0.3, -0.25) is 25.2 Å². The molecule has 2 N–H and O–H groups in total. The molecule has 0 aliphatic carbocycles. The van der Waals surface area contributed by atoms with Gasteiger partial charge in [0.15, 0.2) is 18.2 Å². The molecule has 0 atom stereocenters. The van der Waals surface area contributed by atoms with Gasteiger partial charge in [0.1, 0.15) is 0 Å². The fraction of sp³-hybridized carbons (Fsp3) is 0.316. The Bertz CT molecular complexity index is 835. The van der Waals surface area contributed by atoms with Gasteiger partial charge >= 0.3 is 0 Å². The lowest BCUT2D eigenvalue weighted by molar-refractivity contribution is -0.132. The molecule has 0 radical (unpaired) electrons. The van der Waals surface area contributed by atoms with Crippen molar-refractivity contribution in [1.29, 1.82) is 0 Å². The molecule has 1 aromatic carbocycles. The summed E-state index contributed by atoms with van der Waals surface area (Å²) in [5.41, 5.74) is 4.62. The highest BCUT2D eigenvalue weighted by molar-refractivity contribution is 7.12. The van der Waals surface area contributed by atoms with Crippen molar-refractivity contribution in [3.8, 4) is 5.75 Å². The van der Waals surface area contributed by atoms with Crippen molar-refractivity contribution in [2.45, 2.75) is 12.8 Å². The first kappa shape index (κ1) is 19.8. The van der Waals surface area contributed by atoms with Gasteiger partial charge in [-0.2, -0.15) is 0 Å². The minimum atomic E-state index is -0.595. The number of amides is 3. The van der Waals surface area contributed by atoms with Gasteiger partial charge in [-0.25, -0.2) is 4.39 Å². The van der Waals surface area contributed by atoms with Gasteiger partial charge in [0.25, 0.3) is 11.8 Å². The molecule has 0 spiro atoms. The van der Waals surface area contributed by atoms with Crippen LogP contribution < -0.4 is 15.6 Å². The number of thiophene rings is 1. The molecule has 1 aliphatic heterocycles. The lowest BCUT2D eigenvalue weighted by Crippen LogP contribution is -2.49. The van der Waals surface area contributed by atoms with E-state index in [-0.39, 0.29) is 23.5 Å². The van der Waals surface area contributed by atoms with Crippen LogP contribution in [0.5, 0.6) is 5.75 Å². The normalized spacial score (nSPS) is 14.4. The van der Waals surface area contributed by atoms with E-state index in [1.165, 1.54) is 29.5 Å².